The Morgan fingerprint density at radius 3 is 2.58 bits per heavy atom. The van der Waals surface area contributed by atoms with E-state index in [1.807, 2.05) is 0 Å². The van der Waals surface area contributed by atoms with Gasteiger partial charge < -0.3 is 5.32 Å². The second-order valence-corrected chi connectivity index (χ2v) is 3.59. The molecule has 0 atom stereocenters. The lowest BCUT2D eigenvalue weighted by atomic mass is 10.1. The molecule has 7 heteroatoms. The molecule has 2 aromatic rings. The van der Waals surface area contributed by atoms with Crippen LogP contribution in [0.25, 0.3) is 0 Å². The topological polar surface area (TPSA) is 54.9 Å². The number of anilines is 1. The molecule has 0 aliphatic rings. The molecule has 0 saturated carbocycles. The van der Waals surface area contributed by atoms with Crippen molar-refractivity contribution in [2.45, 2.75) is 6.18 Å². The van der Waals surface area contributed by atoms with Gasteiger partial charge in [0.25, 0.3) is 5.91 Å². The van der Waals surface area contributed by atoms with Crippen LogP contribution in [0.5, 0.6) is 0 Å². The van der Waals surface area contributed by atoms with E-state index in [4.69, 9.17) is 0 Å². The molecule has 1 N–H and O–H groups in total. The first kappa shape index (κ1) is 13.0. The Morgan fingerprint density at radius 2 is 1.95 bits per heavy atom. The zero-order valence-corrected chi connectivity index (χ0v) is 9.48. The van der Waals surface area contributed by atoms with Gasteiger partial charge >= 0.3 is 6.18 Å². The standard InChI is InChI=1S/C12H8F3N3O/c13-12(14,15)9-4-6-16-7-8(9)11(19)18-10-3-1-2-5-17-10/h1-7H,(H,17,18,19). The average molecular weight is 267 g/mol. The van der Waals surface area contributed by atoms with Crippen molar-refractivity contribution >= 4 is 11.7 Å². The molecule has 0 aliphatic carbocycles. The SMILES string of the molecule is O=C(Nc1ccccn1)c1cnccc1C(F)(F)F. The van der Waals surface area contributed by atoms with Gasteiger partial charge in [-0.2, -0.15) is 13.2 Å². The zero-order valence-electron chi connectivity index (χ0n) is 9.48. The lowest BCUT2D eigenvalue weighted by molar-refractivity contribution is -0.137. The number of nitrogens with one attached hydrogen (secondary N) is 1. The van der Waals surface area contributed by atoms with Gasteiger partial charge in [0.1, 0.15) is 5.82 Å². The fourth-order valence-electron chi connectivity index (χ4n) is 1.44. The predicted octanol–water partition coefficient (Wildman–Crippen LogP) is 2.75. The molecule has 0 saturated heterocycles. The molecule has 2 rings (SSSR count). The van der Waals surface area contributed by atoms with Gasteiger partial charge in [-0.25, -0.2) is 4.98 Å². The summed E-state index contributed by atoms with van der Waals surface area (Å²) < 4.78 is 38.2. The van der Waals surface area contributed by atoms with E-state index in [-0.39, 0.29) is 5.82 Å². The average Bonchev–Trinajstić information content (AvgIpc) is 2.39. The largest absolute Gasteiger partial charge is 0.417 e. The van der Waals surface area contributed by atoms with Crippen molar-refractivity contribution in [3.8, 4) is 0 Å². The zero-order chi connectivity index (χ0) is 13.9. The maximum absolute atomic E-state index is 12.7. The Labute approximate surface area is 106 Å². The highest BCUT2D eigenvalue weighted by Crippen LogP contribution is 2.31. The molecule has 0 bridgehead atoms. The fourth-order valence-corrected chi connectivity index (χ4v) is 1.44. The van der Waals surface area contributed by atoms with Crippen molar-refractivity contribution in [3.05, 3.63) is 54.0 Å². The van der Waals surface area contributed by atoms with Crippen LogP contribution in [-0.4, -0.2) is 15.9 Å². The quantitative estimate of drug-likeness (QED) is 0.910. The third-order valence-electron chi connectivity index (χ3n) is 2.28. The molecule has 2 heterocycles. The molecular formula is C12H8F3N3O. The van der Waals surface area contributed by atoms with Gasteiger partial charge in [-0.3, -0.25) is 9.78 Å². The highest BCUT2D eigenvalue weighted by Gasteiger charge is 2.35. The summed E-state index contributed by atoms with van der Waals surface area (Å²) in [6, 6.07) is 5.46. The van der Waals surface area contributed by atoms with Gasteiger partial charge in [0, 0.05) is 18.6 Å². The van der Waals surface area contributed by atoms with Crippen LogP contribution in [0.15, 0.2) is 42.9 Å². The van der Waals surface area contributed by atoms with Gasteiger partial charge in [0.15, 0.2) is 0 Å². The highest BCUT2D eigenvalue weighted by atomic mass is 19.4. The van der Waals surface area contributed by atoms with Gasteiger partial charge in [-0.1, -0.05) is 6.07 Å². The van der Waals surface area contributed by atoms with Crippen LogP contribution < -0.4 is 5.32 Å². The van der Waals surface area contributed by atoms with Crippen molar-refractivity contribution in [1.29, 1.82) is 0 Å². The van der Waals surface area contributed by atoms with Crippen LogP contribution in [0.4, 0.5) is 19.0 Å². The van der Waals surface area contributed by atoms with Crippen LogP contribution in [0.3, 0.4) is 0 Å². The number of pyridine rings is 2. The monoisotopic (exact) mass is 267 g/mol. The van der Waals surface area contributed by atoms with Crippen molar-refractivity contribution in [2.24, 2.45) is 0 Å². The van der Waals surface area contributed by atoms with Crippen LogP contribution in [0.1, 0.15) is 15.9 Å². The van der Waals surface area contributed by atoms with E-state index in [1.54, 1.807) is 12.1 Å². The number of amides is 1. The molecule has 1 amide bonds. The molecule has 98 valence electrons. The first-order valence-corrected chi connectivity index (χ1v) is 5.22. The van der Waals surface area contributed by atoms with Gasteiger partial charge in [-0.15, -0.1) is 0 Å². The molecule has 4 nitrogen and oxygen atoms in total. The van der Waals surface area contributed by atoms with Crippen molar-refractivity contribution in [2.75, 3.05) is 5.32 Å². The molecule has 0 fully saturated rings. The van der Waals surface area contributed by atoms with E-state index in [2.05, 4.69) is 15.3 Å². The maximum Gasteiger partial charge on any atom is 0.417 e. The summed E-state index contributed by atoms with van der Waals surface area (Å²) >= 11 is 0. The van der Waals surface area contributed by atoms with Crippen molar-refractivity contribution in [3.63, 3.8) is 0 Å². The molecule has 0 unspecified atom stereocenters. The molecule has 0 radical (unpaired) electrons. The first-order chi connectivity index (χ1) is 8.98. The van der Waals surface area contributed by atoms with E-state index >= 15 is 0 Å². The Kier molecular flexibility index (Phi) is 3.46. The summed E-state index contributed by atoms with van der Waals surface area (Å²) in [5.74, 6) is -0.733. The summed E-state index contributed by atoms with van der Waals surface area (Å²) in [4.78, 5) is 19.1. The summed E-state index contributed by atoms with van der Waals surface area (Å²) in [5, 5.41) is 2.28. The van der Waals surface area contributed by atoms with E-state index in [0.29, 0.717) is 0 Å². The number of hydrogen-bond donors (Lipinski definition) is 1. The number of carbonyl (C=O) groups is 1. The van der Waals surface area contributed by atoms with Crippen LogP contribution in [-0.2, 0) is 6.18 Å². The maximum atomic E-state index is 12.7. The molecule has 2 aromatic heterocycles. The predicted molar refractivity (Wildman–Crippen MR) is 61.4 cm³/mol. The second kappa shape index (κ2) is 5.05. The molecule has 0 aromatic carbocycles. The van der Waals surface area contributed by atoms with Crippen molar-refractivity contribution in [1.82, 2.24) is 9.97 Å². The van der Waals surface area contributed by atoms with E-state index in [0.717, 1.165) is 18.5 Å². The molecule has 0 aliphatic heterocycles. The number of alkyl halides is 3. The van der Waals surface area contributed by atoms with E-state index < -0.39 is 23.2 Å². The highest BCUT2D eigenvalue weighted by molar-refractivity contribution is 6.04. The molecule has 0 spiro atoms. The Bertz CT molecular complexity index is 584. The van der Waals surface area contributed by atoms with Gasteiger partial charge in [0.05, 0.1) is 11.1 Å². The first-order valence-electron chi connectivity index (χ1n) is 5.22. The van der Waals surface area contributed by atoms with Gasteiger partial charge in [0.2, 0.25) is 0 Å². The summed E-state index contributed by atoms with van der Waals surface area (Å²) in [6.07, 6.45) is -1.33. The normalized spacial score (nSPS) is 11.1. The fraction of sp³-hybridized carbons (Fsp3) is 0.0833. The Morgan fingerprint density at radius 1 is 1.16 bits per heavy atom. The van der Waals surface area contributed by atoms with Crippen LogP contribution in [0, 0.1) is 0 Å². The second-order valence-electron chi connectivity index (χ2n) is 3.59. The lowest BCUT2D eigenvalue weighted by Gasteiger charge is -2.11. The lowest BCUT2D eigenvalue weighted by Crippen LogP contribution is -2.19. The number of halogens is 3. The van der Waals surface area contributed by atoms with Crippen LogP contribution >= 0.6 is 0 Å². The minimum atomic E-state index is -4.61. The number of rotatable bonds is 2. The van der Waals surface area contributed by atoms with E-state index in [1.165, 1.54) is 12.3 Å². The van der Waals surface area contributed by atoms with Crippen molar-refractivity contribution < 1.29 is 18.0 Å². The number of nitrogens with zero attached hydrogens (tertiary/aromatic N) is 2. The minimum Gasteiger partial charge on any atom is -0.307 e. The Hall–Kier alpha value is -2.44. The molecule has 19 heavy (non-hydrogen) atoms. The summed E-state index contributed by atoms with van der Waals surface area (Å²) in [7, 11) is 0. The Balaban J connectivity index is 2.30. The number of carbonyl (C=O) groups excluding carboxylic acids is 1. The van der Waals surface area contributed by atoms with Crippen LogP contribution in [0.2, 0.25) is 0 Å². The smallest absolute Gasteiger partial charge is 0.307 e. The van der Waals surface area contributed by atoms with E-state index in [9.17, 15) is 18.0 Å². The van der Waals surface area contributed by atoms with Gasteiger partial charge in [-0.05, 0) is 18.2 Å². The minimum absolute atomic E-state index is 0.171. The third-order valence-corrected chi connectivity index (χ3v) is 2.28. The summed E-state index contributed by atoms with van der Waals surface area (Å²) in [6.45, 7) is 0. The molecular weight excluding hydrogens is 259 g/mol. The summed E-state index contributed by atoms with van der Waals surface area (Å²) in [5.41, 5.74) is -1.57. The number of aromatic nitrogens is 2. The third kappa shape index (κ3) is 3.06. The number of hydrogen-bond acceptors (Lipinski definition) is 3.